The zero-order chi connectivity index (χ0) is 10.1. The molecule has 0 aromatic heterocycles. The molecule has 1 aliphatic heterocycles. The van der Waals surface area contributed by atoms with Crippen LogP contribution >= 0.6 is 0 Å². The third-order valence-electron chi connectivity index (χ3n) is 2.03. The van der Waals surface area contributed by atoms with E-state index in [2.05, 4.69) is 0 Å². The summed E-state index contributed by atoms with van der Waals surface area (Å²) < 4.78 is 5.30. The number of rotatable bonds is 1. The number of ether oxygens (including phenoxy) is 1. The van der Waals surface area contributed by atoms with E-state index >= 15 is 0 Å². The number of nitrogens with zero attached hydrogens (tertiary/aromatic N) is 1. The van der Waals surface area contributed by atoms with E-state index in [0.717, 1.165) is 6.34 Å². The zero-order valence-corrected chi connectivity index (χ0v) is 7.45. The Morgan fingerprint density at radius 3 is 3.00 bits per heavy atom. The highest BCUT2D eigenvalue weighted by atomic mass is 16.5. The molecule has 1 aliphatic rings. The van der Waals surface area contributed by atoms with E-state index in [4.69, 9.17) is 21.3 Å². The van der Waals surface area contributed by atoms with Gasteiger partial charge in [0.05, 0.1) is 12.0 Å². The first-order valence-corrected chi connectivity index (χ1v) is 4.12. The predicted molar refractivity (Wildman–Crippen MR) is 55.3 cm³/mol. The Morgan fingerprint density at radius 2 is 2.29 bits per heavy atom. The van der Waals surface area contributed by atoms with Crippen molar-refractivity contribution in [2.75, 3.05) is 17.2 Å². The van der Waals surface area contributed by atoms with Gasteiger partial charge in [0.2, 0.25) is 0 Å². The quantitative estimate of drug-likeness (QED) is 0.351. The van der Waals surface area contributed by atoms with Crippen molar-refractivity contribution in [1.82, 2.24) is 0 Å². The summed E-state index contributed by atoms with van der Waals surface area (Å²) in [6, 6.07) is 5.16. The average Bonchev–Trinajstić information content (AvgIpc) is 2.17. The summed E-state index contributed by atoms with van der Waals surface area (Å²) in [5, 5.41) is 14.7. The first kappa shape index (κ1) is 8.55. The molecule has 0 saturated carbocycles. The summed E-state index contributed by atoms with van der Waals surface area (Å²) >= 11 is 0. The number of nitrogens with one attached hydrogen (secondary N) is 2. The third-order valence-corrected chi connectivity index (χ3v) is 2.03. The van der Waals surface area contributed by atoms with Gasteiger partial charge in [0.25, 0.3) is 0 Å². The van der Waals surface area contributed by atoms with Gasteiger partial charge in [-0.15, -0.1) is 0 Å². The minimum Gasteiger partial charge on any atom is -0.483 e. The smallest absolute Gasteiger partial charge is 0.146 e. The van der Waals surface area contributed by atoms with Crippen LogP contribution in [0.15, 0.2) is 18.2 Å². The molecule has 0 radical (unpaired) electrons. The fraction of sp³-hybridized carbons (Fsp3) is 0.111. The van der Waals surface area contributed by atoms with Gasteiger partial charge >= 0.3 is 0 Å². The normalized spacial score (nSPS) is 14.6. The molecule has 5 heteroatoms. The predicted octanol–water partition coefficient (Wildman–Crippen LogP) is 1.05. The monoisotopic (exact) mass is 190 g/mol. The Hall–Kier alpha value is -2.04. The Labute approximate surface area is 81.1 Å². The molecule has 14 heavy (non-hydrogen) atoms. The number of hydrogen-bond donors (Lipinski definition) is 3. The van der Waals surface area contributed by atoms with Crippen molar-refractivity contribution in [2.24, 2.45) is 0 Å². The number of nitrogen functional groups attached to an aromatic ring is 1. The number of fused-ring (bicyclic) bond motifs is 1. The van der Waals surface area contributed by atoms with E-state index in [9.17, 15) is 0 Å². The molecular formula is C9H10N4O. The van der Waals surface area contributed by atoms with Crippen LogP contribution in [-0.4, -0.2) is 18.8 Å². The maximum Gasteiger partial charge on any atom is 0.146 e. The molecule has 0 spiro atoms. The molecule has 1 aromatic carbocycles. The Morgan fingerprint density at radius 1 is 1.50 bits per heavy atom. The lowest BCUT2D eigenvalue weighted by Crippen LogP contribution is -2.36. The Kier molecular flexibility index (Phi) is 1.85. The van der Waals surface area contributed by atoms with E-state index in [1.165, 1.54) is 4.90 Å². The van der Waals surface area contributed by atoms with Gasteiger partial charge in [-0.1, -0.05) is 0 Å². The van der Waals surface area contributed by atoms with Crippen LogP contribution in [0.1, 0.15) is 0 Å². The summed E-state index contributed by atoms with van der Waals surface area (Å²) in [7, 11) is 0. The van der Waals surface area contributed by atoms with Crippen molar-refractivity contribution in [3.63, 3.8) is 0 Å². The summed E-state index contributed by atoms with van der Waals surface area (Å²) in [5.41, 5.74) is 6.86. The van der Waals surface area contributed by atoms with E-state index in [1.54, 1.807) is 18.2 Å². The van der Waals surface area contributed by atoms with Crippen molar-refractivity contribution < 1.29 is 4.74 Å². The van der Waals surface area contributed by atoms with Crippen LogP contribution < -0.4 is 15.4 Å². The van der Waals surface area contributed by atoms with Crippen molar-refractivity contribution in [1.29, 1.82) is 10.8 Å². The van der Waals surface area contributed by atoms with Gasteiger partial charge in [0.15, 0.2) is 0 Å². The van der Waals surface area contributed by atoms with Gasteiger partial charge in [0, 0.05) is 5.69 Å². The molecule has 0 unspecified atom stereocenters. The SMILES string of the molecule is N=CN1C(=N)COc2ccc(N)cc21. The number of benzene rings is 1. The average molecular weight is 190 g/mol. The molecular weight excluding hydrogens is 180 g/mol. The maximum atomic E-state index is 7.56. The molecule has 0 fully saturated rings. The lowest BCUT2D eigenvalue weighted by Gasteiger charge is -2.27. The first-order chi connectivity index (χ1) is 6.72. The highest BCUT2D eigenvalue weighted by molar-refractivity contribution is 6.12. The summed E-state index contributed by atoms with van der Waals surface area (Å²) in [6.45, 7) is 0.187. The fourth-order valence-electron chi connectivity index (χ4n) is 1.35. The molecule has 72 valence electrons. The Balaban J connectivity index is 2.54. The van der Waals surface area contributed by atoms with Crippen molar-refractivity contribution in [2.45, 2.75) is 0 Å². The van der Waals surface area contributed by atoms with Gasteiger partial charge in [-0.25, -0.2) is 0 Å². The summed E-state index contributed by atoms with van der Waals surface area (Å²) in [5.74, 6) is 0.886. The van der Waals surface area contributed by atoms with E-state index in [-0.39, 0.29) is 12.4 Å². The van der Waals surface area contributed by atoms with E-state index < -0.39 is 0 Å². The standard InChI is InChI=1S/C9H10N4O/c10-5-13-7-3-6(11)1-2-8(7)14-4-9(13)12/h1-3,5,10,12H,4,11H2. The molecule has 5 nitrogen and oxygen atoms in total. The second-order valence-electron chi connectivity index (χ2n) is 2.96. The molecule has 1 aromatic rings. The van der Waals surface area contributed by atoms with Crippen molar-refractivity contribution in [3.05, 3.63) is 18.2 Å². The lowest BCUT2D eigenvalue weighted by molar-refractivity contribution is 0.368. The van der Waals surface area contributed by atoms with Gasteiger partial charge in [0.1, 0.15) is 18.2 Å². The van der Waals surface area contributed by atoms with E-state index in [1.807, 2.05) is 0 Å². The molecule has 0 aliphatic carbocycles. The van der Waals surface area contributed by atoms with Gasteiger partial charge in [-0.05, 0) is 18.2 Å². The van der Waals surface area contributed by atoms with Crippen LogP contribution in [0.5, 0.6) is 5.75 Å². The van der Waals surface area contributed by atoms with Crippen molar-refractivity contribution in [3.8, 4) is 5.75 Å². The maximum absolute atomic E-state index is 7.56. The van der Waals surface area contributed by atoms with Gasteiger partial charge in [-0.2, -0.15) is 0 Å². The topological polar surface area (TPSA) is 86.2 Å². The van der Waals surface area contributed by atoms with Gasteiger partial charge < -0.3 is 10.5 Å². The fourth-order valence-corrected chi connectivity index (χ4v) is 1.35. The minimum absolute atomic E-state index is 0.187. The molecule has 0 saturated heterocycles. The molecule has 2 rings (SSSR count). The second kappa shape index (κ2) is 3.02. The van der Waals surface area contributed by atoms with Crippen LogP contribution in [0.25, 0.3) is 0 Å². The second-order valence-corrected chi connectivity index (χ2v) is 2.96. The van der Waals surface area contributed by atoms with Crippen LogP contribution in [0, 0.1) is 10.8 Å². The number of nitrogens with two attached hydrogens (primary N) is 1. The van der Waals surface area contributed by atoms with Crippen molar-refractivity contribution >= 4 is 23.5 Å². The largest absolute Gasteiger partial charge is 0.483 e. The van der Waals surface area contributed by atoms with Crippen LogP contribution in [0.2, 0.25) is 0 Å². The third kappa shape index (κ3) is 1.19. The Bertz CT molecular complexity index is 402. The summed E-state index contributed by atoms with van der Waals surface area (Å²) in [6.07, 6.45) is 1.09. The van der Waals surface area contributed by atoms with Crippen LogP contribution in [0.4, 0.5) is 11.4 Å². The highest BCUT2D eigenvalue weighted by Gasteiger charge is 2.21. The first-order valence-electron chi connectivity index (χ1n) is 4.12. The molecule has 0 bridgehead atoms. The zero-order valence-electron chi connectivity index (χ0n) is 7.45. The number of anilines is 2. The number of amidine groups is 1. The minimum atomic E-state index is 0.187. The highest BCUT2D eigenvalue weighted by Crippen LogP contribution is 2.32. The summed E-state index contributed by atoms with van der Waals surface area (Å²) in [4.78, 5) is 1.44. The van der Waals surface area contributed by atoms with Gasteiger partial charge in [-0.3, -0.25) is 15.7 Å². The lowest BCUT2D eigenvalue weighted by atomic mass is 10.2. The van der Waals surface area contributed by atoms with Crippen LogP contribution in [-0.2, 0) is 0 Å². The molecule has 0 atom stereocenters. The van der Waals surface area contributed by atoms with E-state index in [0.29, 0.717) is 17.1 Å². The molecule has 1 heterocycles. The number of hydrogen-bond acceptors (Lipinski definition) is 4. The molecule has 4 N–H and O–H groups in total. The molecule has 0 amide bonds. The van der Waals surface area contributed by atoms with Crippen LogP contribution in [0.3, 0.4) is 0 Å².